The number of Topliss-reactive ketones (excluding diaryl/α,β-unsaturated/α-hetero) is 1. The minimum Gasteiger partial charge on any atom is -0.486 e. The fourth-order valence-corrected chi connectivity index (χ4v) is 5.22. The predicted molar refractivity (Wildman–Crippen MR) is 118 cm³/mol. The number of hydrogen-bond donors (Lipinski definition) is 1. The lowest BCUT2D eigenvalue weighted by atomic mass is 9.84. The molecule has 1 saturated carbocycles. The number of likely N-dealkylation sites (tertiary alicyclic amines) is 1. The van der Waals surface area contributed by atoms with E-state index in [2.05, 4.69) is 12.2 Å². The molecule has 1 aromatic rings. The van der Waals surface area contributed by atoms with Crippen LogP contribution < -0.4 is 10.1 Å². The number of ketones is 1. The molecule has 1 saturated heterocycles. The SMILES string of the molecule is Cc1ccc2c(c1)C(=O)C[C@@]1(CCC(=O)N([C@@H](C)C(=O)NC3CCC(C)CC3)CC1)O2. The maximum absolute atomic E-state index is 12.9. The number of carbonyl (C=O) groups excluding carboxylic acids is 3. The molecule has 2 amide bonds. The third kappa shape index (κ3) is 4.63. The van der Waals surface area contributed by atoms with Crippen molar-refractivity contribution in [2.75, 3.05) is 6.54 Å². The average Bonchev–Trinajstić information content (AvgIpc) is 2.89. The van der Waals surface area contributed by atoms with E-state index in [0.29, 0.717) is 30.7 Å². The number of aryl methyl sites for hydroxylation is 1. The topological polar surface area (TPSA) is 75.7 Å². The summed E-state index contributed by atoms with van der Waals surface area (Å²) >= 11 is 0. The minimum absolute atomic E-state index is 0.0393. The van der Waals surface area contributed by atoms with Crippen LogP contribution in [0.1, 0.15) is 81.1 Å². The normalized spacial score (nSPS) is 29.7. The Labute approximate surface area is 184 Å². The predicted octanol–water partition coefficient (Wildman–Crippen LogP) is 3.79. The molecule has 1 aromatic carbocycles. The van der Waals surface area contributed by atoms with E-state index < -0.39 is 11.6 Å². The van der Waals surface area contributed by atoms with Crippen molar-refractivity contribution in [3.8, 4) is 5.75 Å². The first kappa shape index (κ1) is 21.8. The van der Waals surface area contributed by atoms with Gasteiger partial charge in [0.25, 0.3) is 0 Å². The van der Waals surface area contributed by atoms with Gasteiger partial charge in [-0.25, -0.2) is 0 Å². The molecule has 6 nitrogen and oxygen atoms in total. The van der Waals surface area contributed by atoms with Gasteiger partial charge in [0, 0.05) is 25.4 Å². The number of hydrogen-bond acceptors (Lipinski definition) is 4. The van der Waals surface area contributed by atoms with Crippen molar-refractivity contribution in [1.82, 2.24) is 10.2 Å². The molecule has 2 heterocycles. The Hall–Kier alpha value is -2.37. The number of nitrogens with zero attached hydrogens (tertiary/aromatic N) is 1. The second-order valence-corrected chi connectivity index (χ2v) is 9.86. The fourth-order valence-electron chi connectivity index (χ4n) is 5.22. The van der Waals surface area contributed by atoms with Crippen LogP contribution in [0.5, 0.6) is 5.75 Å². The standard InChI is InChI=1S/C25H34N2O4/c1-16-4-7-19(8-5-16)26-24(30)18(3)27-13-12-25(11-10-23(27)29)15-21(28)20-14-17(2)6-9-22(20)31-25/h6,9,14,16,18-19H,4-5,7-8,10-13,15H2,1-3H3,(H,26,30)/t16?,18-,19?,25-/m0/s1. The lowest BCUT2D eigenvalue weighted by Gasteiger charge is -2.37. The summed E-state index contributed by atoms with van der Waals surface area (Å²) in [5.41, 5.74) is 0.994. The molecule has 0 aromatic heterocycles. The molecule has 31 heavy (non-hydrogen) atoms. The van der Waals surface area contributed by atoms with Gasteiger partial charge >= 0.3 is 0 Å². The maximum atomic E-state index is 12.9. The van der Waals surface area contributed by atoms with Gasteiger partial charge in [0.15, 0.2) is 5.78 Å². The van der Waals surface area contributed by atoms with Crippen molar-refractivity contribution in [3.63, 3.8) is 0 Å². The zero-order valence-electron chi connectivity index (χ0n) is 18.9. The van der Waals surface area contributed by atoms with Gasteiger partial charge in [-0.2, -0.15) is 0 Å². The summed E-state index contributed by atoms with van der Waals surface area (Å²) in [4.78, 5) is 40.3. The average molecular weight is 427 g/mol. The van der Waals surface area contributed by atoms with Crippen molar-refractivity contribution >= 4 is 17.6 Å². The van der Waals surface area contributed by atoms with E-state index in [1.165, 1.54) is 0 Å². The summed E-state index contributed by atoms with van der Waals surface area (Å²) in [6, 6.07) is 5.36. The smallest absolute Gasteiger partial charge is 0.242 e. The molecule has 0 radical (unpaired) electrons. The van der Waals surface area contributed by atoms with Gasteiger partial charge in [-0.05, 0) is 64.0 Å². The van der Waals surface area contributed by atoms with E-state index in [-0.39, 0.29) is 36.5 Å². The van der Waals surface area contributed by atoms with Gasteiger partial charge in [0.05, 0.1) is 12.0 Å². The molecule has 1 N–H and O–H groups in total. The van der Waals surface area contributed by atoms with Crippen LogP contribution in [0, 0.1) is 12.8 Å². The van der Waals surface area contributed by atoms with Crippen molar-refractivity contribution < 1.29 is 19.1 Å². The maximum Gasteiger partial charge on any atom is 0.242 e. The first-order valence-corrected chi connectivity index (χ1v) is 11.7. The van der Waals surface area contributed by atoms with Crippen LogP contribution >= 0.6 is 0 Å². The molecule has 1 spiro atoms. The minimum atomic E-state index is -0.667. The Balaban J connectivity index is 1.42. The molecule has 2 atom stereocenters. The van der Waals surface area contributed by atoms with Crippen LogP contribution in [0.3, 0.4) is 0 Å². The molecular weight excluding hydrogens is 392 g/mol. The Morgan fingerprint density at radius 1 is 1.19 bits per heavy atom. The van der Waals surface area contributed by atoms with Gasteiger partial charge in [-0.15, -0.1) is 0 Å². The Morgan fingerprint density at radius 3 is 2.68 bits per heavy atom. The Morgan fingerprint density at radius 2 is 1.94 bits per heavy atom. The highest BCUT2D eigenvalue weighted by Gasteiger charge is 2.44. The van der Waals surface area contributed by atoms with E-state index in [4.69, 9.17) is 4.74 Å². The van der Waals surface area contributed by atoms with Gasteiger partial charge < -0.3 is 15.0 Å². The third-order valence-corrected chi connectivity index (χ3v) is 7.38. The van der Waals surface area contributed by atoms with Gasteiger partial charge in [0.1, 0.15) is 17.4 Å². The lowest BCUT2D eigenvalue weighted by molar-refractivity contribution is -0.139. The van der Waals surface area contributed by atoms with Crippen LogP contribution in [-0.4, -0.2) is 46.7 Å². The Kier molecular flexibility index (Phi) is 6.09. The highest BCUT2D eigenvalue weighted by atomic mass is 16.5. The first-order valence-electron chi connectivity index (χ1n) is 11.7. The van der Waals surface area contributed by atoms with Crippen molar-refractivity contribution in [3.05, 3.63) is 29.3 Å². The summed E-state index contributed by atoms with van der Waals surface area (Å²) in [6.45, 7) is 6.44. The number of benzene rings is 1. The number of nitrogens with one attached hydrogen (secondary N) is 1. The number of ether oxygens (including phenoxy) is 1. The first-order chi connectivity index (χ1) is 14.8. The van der Waals surface area contributed by atoms with Gasteiger partial charge in [0.2, 0.25) is 11.8 Å². The monoisotopic (exact) mass is 426 g/mol. The van der Waals surface area contributed by atoms with E-state index in [1.54, 1.807) is 4.90 Å². The van der Waals surface area contributed by atoms with Crippen LogP contribution in [0.4, 0.5) is 0 Å². The summed E-state index contributed by atoms with van der Waals surface area (Å²) in [5, 5.41) is 3.16. The van der Waals surface area contributed by atoms with E-state index in [0.717, 1.165) is 37.2 Å². The number of amides is 2. The molecule has 0 unspecified atom stereocenters. The summed E-state index contributed by atoms with van der Waals surface area (Å²) in [6.07, 6.45) is 5.90. The molecule has 2 aliphatic heterocycles. The molecule has 1 aliphatic carbocycles. The van der Waals surface area contributed by atoms with E-state index in [9.17, 15) is 14.4 Å². The molecule has 168 valence electrons. The Bertz CT molecular complexity index is 874. The molecular formula is C25H34N2O4. The van der Waals surface area contributed by atoms with E-state index in [1.807, 2.05) is 32.0 Å². The van der Waals surface area contributed by atoms with Crippen LogP contribution in [0.2, 0.25) is 0 Å². The molecule has 0 bridgehead atoms. The lowest BCUT2D eigenvalue weighted by Crippen LogP contribution is -2.51. The molecule has 4 rings (SSSR count). The zero-order chi connectivity index (χ0) is 22.2. The second kappa shape index (κ2) is 8.64. The largest absolute Gasteiger partial charge is 0.486 e. The van der Waals surface area contributed by atoms with Crippen molar-refractivity contribution in [2.24, 2.45) is 5.92 Å². The van der Waals surface area contributed by atoms with Crippen LogP contribution in [-0.2, 0) is 9.59 Å². The van der Waals surface area contributed by atoms with E-state index >= 15 is 0 Å². The molecule has 6 heteroatoms. The quantitative estimate of drug-likeness (QED) is 0.798. The van der Waals surface area contributed by atoms with Crippen LogP contribution in [0.15, 0.2) is 18.2 Å². The highest BCUT2D eigenvalue weighted by molar-refractivity contribution is 6.00. The van der Waals surface area contributed by atoms with Crippen molar-refractivity contribution in [1.29, 1.82) is 0 Å². The highest BCUT2D eigenvalue weighted by Crippen LogP contribution is 2.40. The molecule has 3 aliphatic rings. The number of rotatable bonds is 3. The second-order valence-electron chi connectivity index (χ2n) is 9.86. The fraction of sp³-hybridized carbons (Fsp3) is 0.640. The molecule has 2 fully saturated rings. The van der Waals surface area contributed by atoms with Crippen LogP contribution in [0.25, 0.3) is 0 Å². The third-order valence-electron chi connectivity index (χ3n) is 7.38. The van der Waals surface area contributed by atoms with Crippen molar-refractivity contribution in [2.45, 2.75) is 89.8 Å². The number of carbonyl (C=O) groups is 3. The zero-order valence-corrected chi connectivity index (χ0v) is 18.9. The van der Waals surface area contributed by atoms with Gasteiger partial charge in [-0.3, -0.25) is 14.4 Å². The summed E-state index contributed by atoms with van der Waals surface area (Å²) < 4.78 is 6.33. The summed E-state index contributed by atoms with van der Waals surface area (Å²) in [5.74, 6) is 1.29. The summed E-state index contributed by atoms with van der Waals surface area (Å²) in [7, 11) is 0. The van der Waals surface area contributed by atoms with Gasteiger partial charge in [-0.1, -0.05) is 18.6 Å². The number of fused-ring (bicyclic) bond motifs is 1.